The van der Waals surface area contributed by atoms with Gasteiger partial charge >= 0.3 is 6.18 Å². The molecule has 226 valence electrons. The van der Waals surface area contributed by atoms with Gasteiger partial charge in [0.2, 0.25) is 5.91 Å². The fourth-order valence-electron chi connectivity index (χ4n) is 5.35. The molecule has 0 spiro atoms. The van der Waals surface area contributed by atoms with E-state index in [4.69, 9.17) is 11.6 Å². The number of rotatable bonds is 6. The highest BCUT2D eigenvalue weighted by Gasteiger charge is 2.31. The molecule has 3 aromatic carbocycles. The Morgan fingerprint density at radius 2 is 1.70 bits per heavy atom. The van der Waals surface area contributed by atoms with Crippen LogP contribution in [0.5, 0.6) is 0 Å². The quantitative estimate of drug-likeness (QED) is 0.244. The second-order valence-electron chi connectivity index (χ2n) is 11.8. The largest absolute Gasteiger partial charge is 0.416 e. The topological polar surface area (TPSA) is 79.3 Å². The van der Waals surface area contributed by atoms with E-state index in [-0.39, 0.29) is 34.5 Å². The number of alkyl halides is 3. The molecule has 1 aromatic heterocycles. The van der Waals surface area contributed by atoms with Gasteiger partial charge in [0.1, 0.15) is 0 Å². The van der Waals surface area contributed by atoms with Gasteiger partial charge in [-0.25, -0.2) is 4.68 Å². The Bertz CT molecular complexity index is 1640. The fourth-order valence-corrected chi connectivity index (χ4v) is 5.55. The Kier molecular flexibility index (Phi) is 8.54. The molecule has 0 atom stereocenters. The number of aromatic nitrogens is 2. The van der Waals surface area contributed by atoms with Crippen molar-refractivity contribution in [3.8, 4) is 5.69 Å². The molecule has 1 saturated heterocycles. The van der Waals surface area contributed by atoms with Gasteiger partial charge in [-0.3, -0.25) is 14.5 Å². The summed E-state index contributed by atoms with van der Waals surface area (Å²) in [6, 6.07) is 15.0. The molecule has 1 aliphatic heterocycles. The number of likely N-dealkylation sites (tertiary alicyclic amines) is 1. The maximum atomic E-state index is 13.3. The van der Waals surface area contributed by atoms with Gasteiger partial charge < -0.3 is 10.6 Å². The van der Waals surface area contributed by atoms with Crippen LogP contribution in [0.4, 0.5) is 18.9 Å². The molecule has 2 N–H and O–H groups in total. The van der Waals surface area contributed by atoms with E-state index < -0.39 is 17.6 Å². The molecule has 2 amide bonds. The van der Waals surface area contributed by atoms with Gasteiger partial charge in [0.25, 0.3) is 5.91 Å². The summed E-state index contributed by atoms with van der Waals surface area (Å²) >= 11 is 6.39. The van der Waals surface area contributed by atoms with Crippen LogP contribution in [0.15, 0.2) is 66.9 Å². The van der Waals surface area contributed by atoms with Crippen molar-refractivity contribution in [3.63, 3.8) is 0 Å². The molecule has 43 heavy (non-hydrogen) atoms. The van der Waals surface area contributed by atoms with Crippen LogP contribution in [0.2, 0.25) is 5.02 Å². The standard InChI is InChI=1S/C32H33ClF3N5O2/c1-31(2,3)40-15-13-21(14-16-40)29(42)37-18-20-7-12-26(33)24(17-20)30(43)39-27-5-4-6-28-25(27)19-38-41(28)23-10-8-22(9-11-23)32(34,35)36/h4-12,17,19,21H,13-16,18H2,1-3H3,(H,37,42)(H,39,43). The normalized spacial score (nSPS) is 15.0. The van der Waals surface area contributed by atoms with Gasteiger partial charge in [0.05, 0.1) is 39.2 Å². The van der Waals surface area contributed by atoms with Gasteiger partial charge in [0, 0.05) is 23.4 Å². The zero-order valence-corrected chi connectivity index (χ0v) is 24.9. The molecule has 0 aliphatic carbocycles. The van der Waals surface area contributed by atoms with Crippen LogP contribution in [-0.4, -0.2) is 45.1 Å². The van der Waals surface area contributed by atoms with Crippen molar-refractivity contribution < 1.29 is 22.8 Å². The number of fused-ring (bicyclic) bond motifs is 1. The second kappa shape index (κ2) is 12.0. The first-order valence-electron chi connectivity index (χ1n) is 14.1. The molecule has 7 nitrogen and oxygen atoms in total. The Labute approximate surface area is 253 Å². The van der Waals surface area contributed by atoms with Crippen molar-refractivity contribution in [3.05, 3.63) is 88.6 Å². The summed E-state index contributed by atoms with van der Waals surface area (Å²) in [5, 5.41) is 11.1. The maximum absolute atomic E-state index is 13.3. The number of carbonyl (C=O) groups is 2. The van der Waals surface area contributed by atoms with E-state index in [1.165, 1.54) is 16.8 Å². The first-order chi connectivity index (χ1) is 20.3. The zero-order valence-electron chi connectivity index (χ0n) is 24.1. The third-order valence-electron chi connectivity index (χ3n) is 7.86. The summed E-state index contributed by atoms with van der Waals surface area (Å²) < 4.78 is 40.5. The molecule has 0 unspecified atom stereocenters. The number of piperidine rings is 1. The van der Waals surface area contributed by atoms with E-state index in [1.807, 2.05) is 0 Å². The Morgan fingerprint density at radius 1 is 1.00 bits per heavy atom. The minimum Gasteiger partial charge on any atom is -0.352 e. The van der Waals surface area contributed by atoms with E-state index in [0.717, 1.165) is 43.6 Å². The SMILES string of the molecule is CC(C)(C)N1CCC(C(=O)NCc2ccc(Cl)c(C(=O)Nc3cccc4c3cnn4-c3ccc(C(F)(F)F)cc3)c2)CC1. The third-order valence-corrected chi connectivity index (χ3v) is 8.19. The number of carbonyl (C=O) groups excluding carboxylic acids is 2. The summed E-state index contributed by atoms with van der Waals surface area (Å²) in [6.45, 7) is 8.56. The smallest absolute Gasteiger partial charge is 0.352 e. The highest BCUT2D eigenvalue weighted by molar-refractivity contribution is 6.34. The Hall–Kier alpha value is -3.89. The number of halogens is 4. The van der Waals surface area contributed by atoms with E-state index in [9.17, 15) is 22.8 Å². The van der Waals surface area contributed by atoms with E-state index in [1.54, 1.807) is 42.6 Å². The minimum absolute atomic E-state index is 0.00578. The number of nitrogens with zero attached hydrogens (tertiary/aromatic N) is 3. The van der Waals surface area contributed by atoms with Crippen molar-refractivity contribution in [2.24, 2.45) is 5.92 Å². The van der Waals surface area contributed by atoms with Gasteiger partial charge in [-0.2, -0.15) is 18.3 Å². The van der Waals surface area contributed by atoms with Gasteiger partial charge in [0.15, 0.2) is 0 Å². The molecule has 0 radical (unpaired) electrons. The summed E-state index contributed by atoms with van der Waals surface area (Å²) in [7, 11) is 0. The molecule has 2 heterocycles. The number of benzene rings is 3. The first-order valence-corrected chi connectivity index (χ1v) is 14.5. The van der Waals surface area contributed by atoms with E-state index >= 15 is 0 Å². The summed E-state index contributed by atoms with van der Waals surface area (Å²) in [4.78, 5) is 28.6. The predicted octanol–water partition coefficient (Wildman–Crippen LogP) is 7.08. The number of nitrogens with one attached hydrogen (secondary N) is 2. The molecular weight excluding hydrogens is 579 g/mol. The monoisotopic (exact) mass is 611 g/mol. The molecule has 4 aromatic rings. The van der Waals surface area contributed by atoms with E-state index in [2.05, 4.69) is 41.4 Å². The van der Waals surface area contributed by atoms with Crippen molar-refractivity contribution in [2.45, 2.75) is 51.9 Å². The van der Waals surface area contributed by atoms with Crippen molar-refractivity contribution >= 4 is 40.0 Å². The van der Waals surface area contributed by atoms with Crippen molar-refractivity contribution in [1.82, 2.24) is 20.0 Å². The molecule has 11 heteroatoms. The molecule has 1 aliphatic rings. The van der Waals surface area contributed by atoms with Gasteiger partial charge in [-0.1, -0.05) is 23.7 Å². The molecule has 0 saturated carbocycles. The van der Waals surface area contributed by atoms with Crippen LogP contribution in [-0.2, 0) is 17.5 Å². The van der Waals surface area contributed by atoms with Gasteiger partial charge in [-0.15, -0.1) is 0 Å². The lowest BCUT2D eigenvalue weighted by atomic mass is 9.92. The summed E-state index contributed by atoms with van der Waals surface area (Å²) in [5.41, 5.74) is 1.84. The lowest BCUT2D eigenvalue weighted by molar-refractivity contribution is -0.137. The van der Waals surface area contributed by atoms with Crippen LogP contribution in [0.25, 0.3) is 16.6 Å². The van der Waals surface area contributed by atoms with Crippen LogP contribution in [0.3, 0.4) is 0 Å². The minimum atomic E-state index is -4.43. The lowest BCUT2D eigenvalue weighted by Gasteiger charge is -2.40. The maximum Gasteiger partial charge on any atom is 0.416 e. The number of amides is 2. The Balaban J connectivity index is 1.26. The van der Waals surface area contributed by atoms with Crippen molar-refractivity contribution in [1.29, 1.82) is 0 Å². The number of anilines is 1. The molecule has 5 rings (SSSR count). The van der Waals surface area contributed by atoms with Crippen LogP contribution in [0, 0.1) is 5.92 Å². The number of hydrogen-bond donors (Lipinski definition) is 2. The van der Waals surface area contributed by atoms with Gasteiger partial charge in [-0.05, 0) is 101 Å². The van der Waals surface area contributed by atoms with Crippen LogP contribution < -0.4 is 10.6 Å². The molecule has 1 fully saturated rings. The average molecular weight is 612 g/mol. The Morgan fingerprint density at radius 3 is 2.35 bits per heavy atom. The lowest BCUT2D eigenvalue weighted by Crippen LogP contribution is -2.48. The van der Waals surface area contributed by atoms with Crippen LogP contribution >= 0.6 is 11.6 Å². The zero-order chi connectivity index (χ0) is 30.9. The molecular formula is C32H33ClF3N5O2. The predicted molar refractivity (Wildman–Crippen MR) is 161 cm³/mol. The molecule has 0 bridgehead atoms. The highest BCUT2D eigenvalue weighted by Crippen LogP contribution is 2.31. The van der Waals surface area contributed by atoms with Crippen molar-refractivity contribution in [2.75, 3.05) is 18.4 Å². The summed E-state index contributed by atoms with van der Waals surface area (Å²) in [5.74, 6) is -0.480. The van der Waals surface area contributed by atoms with Crippen LogP contribution in [0.1, 0.15) is 55.1 Å². The van der Waals surface area contributed by atoms with E-state index in [0.29, 0.717) is 22.3 Å². The summed E-state index contributed by atoms with van der Waals surface area (Å²) in [6.07, 6.45) is -1.28. The fraction of sp³-hybridized carbons (Fsp3) is 0.344. The average Bonchev–Trinajstić information content (AvgIpc) is 3.41. The highest BCUT2D eigenvalue weighted by atomic mass is 35.5. The number of hydrogen-bond acceptors (Lipinski definition) is 4. The second-order valence-corrected chi connectivity index (χ2v) is 12.2. The first kappa shape index (κ1) is 30.6. The third kappa shape index (κ3) is 6.86.